The topological polar surface area (TPSA) is 103 Å². The molecule has 2 N–H and O–H groups in total. The molecule has 4 rings (SSSR count). The van der Waals surface area contributed by atoms with Crippen LogP contribution in [0.3, 0.4) is 0 Å². The van der Waals surface area contributed by atoms with Gasteiger partial charge in [0.15, 0.2) is 0 Å². The van der Waals surface area contributed by atoms with Crippen molar-refractivity contribution in [1.82, 2.24) is 9.55 Å². The fourth-order valence-electron chi connectivity index (χ4n) is 4.20. The number of aromatic nitrogens is 2. The second-order valence-electron chi connectivity index (χ2n) is 8.22. The molecular weight excluding hydrogens is 434 g/mol. The number of benzene rings is 2. The Hall–Kier alpha value is -3.91. The van der Waals surface area contributed by atoms with Crippen LogP contribution in [0, 0.1) is 6.92 Å². The van der Waals surface area contributed by atoms with Gasteiger partial charge in [0.05, 0.1) is 12.2 Å². The molecule has 8 heteroatoms. The maximum atomic E-state index is 13.3. The third kappa shape index (κ3) is 4.32. The Morgan fingerprint density at radius 2 is 1.91 bits per heavy atom. The molecule has 2 heterocycles. The Labute approximate surface area is 196 Å². The Morgan fingerprint density at radius 1 is 1.15 bits per heavy atom. The summed E-state index contributed by atoms with van der Waals surface area (Å²) in [6.07, 6.45) is 0. The minimum absolute atomic E-state index is 0.160. The van der Waals surface area contributed by atoms with Crippen molar-refractivity contribution in [2.75, 3.05) is 25.6 Å². The number of rotatable bonds is 8. The lowest BCUT2D eigenvalue weighted by Crippen LogP contribution is -2.20. The lowest BCUT2D eigenvalue weighted by Gasteiger charge is -2.21. The molecule has 4 aromatic rings. The van der Waals surface area contributed by atoms with Gasteiger partial charge in [-0.1, -0.05) is 18.2 Å². The van der Waals surface area contributed by atoms with E-state index in [1.54, 1.807) is 44.5 Å². The second-order valence-corrected chi connectivity index (χ2v) is 8.22. The number of anilines is 1. The van der Waals surface area contributed by atoms with E-state index in [0.29, 0.717) is 35.8 Å². The van der Waals surface area contributed by atoms with Crippen molar-refractivity contribution in [2.24, 2.45) is 7.05 Å². The molecule has 0 aliphatic heterocycles. The van der Waals surface area contributed by atoms with Gasteiger partial charge in [-0.05, 0) is 49.2 Å². The molecule has 0 radical (unpaired) electrons. The quantitative estimate of drug-likeness (QED) is 0.298. The van der Waals surface area contributed by atoms with E-state index < -0.39 is 5.97 Å². The van der Waals surface area contributed by atoms with Crippen molar-refractivity contribution in [3.63, 3.8) is 0 Å². The van der Waals surface area contributed by atoms with Gasteiger partial charge in [0, 0.05) is 48.1 Å². The number of aromatic carboxylic acids is 1. The number of carboxylic acid groups (broad SMARTS) is 1. The molecule has 0 bridgehead atoms. The lowest BCUT2D eigenvalue weighted by atomic mass is 9.95. The maximum Gasteiger partial charge on any atom is 0.337 e. The molecule has 0 fully saturated rings. The van der Waals surface area contributed by atoms with Crippen LogP contribution in [0.1, 0.15) is 34.5 Å². The highest BCUT2D eigenvalue weighted by molar-refractivity contribution is 6.07. The zero-order chi connectivity index (χ0) is 24.4. The number of para-hydroxylation sites is 1. The molecule has 2 aromatic carbocycles. The summed E-state index contributed by atoms with van der Waals surface area (Å²) in [6.45, 7) is 4.67. The van der Waals surface area contributed by atoms with Crippen LogP contribution in [0.4, 0.5) is 5.69 Å². The molecule has 0 saturated heterocycles. The van der Waals surface area contributed by atoms with Crippen LogP contribution < -0.4 is 15.6 Å². The van der Waals surface area contributed by atoms with Crippen LogP contribution in [-0.2, 0) is 11.8 Å². The van der Waals surface area contributed by atoms with Crippen LogP contribution in [0.2, 0.25) is 0 Å². The van der Waals surface area contributed by atoms with Crippen molar-refractivity contribution in [3.05, 3.63) is 75.6 Å². The fraction of sp³-hybridized carbons (Fsp3) is 0.269. The largest absolute Gasteiger partial charge is 0.478 e. The van der Waals surface area contributed by atoms with Gasteiger partial charge in [-0.3, -0.25) is 9.36 Å². The highest BCUT2D eigenvalue weighted by Crippen LogP contribution is 2.33. The predicted octanol–water partition coefficient (Wildman–Crippen LogP) is 4.29. The van der Waals surface area contributed by atoms with Crippen molar-refractivity contribution >= 4 is 33.5 Å². The molecule has 0 aliphatic carbocycles. The smallest absolute Gasteiger partial charge is 0.337 e. The van der Waals surface area contributed by atoms with E-state index in [9.17, 15) is 14.7 Å². The Kier molecular flexibility index (Phi) is 6.51. The van der Waals surface area contributed by atoms with Gasteiger partial charge >= 0.3 is 5.97 Å². The van der Waals surface area contributed by atoms with Crippen molar-refractivity contribution in [3.8, 4) is 5.88 Å². The Morgan fingerprint density at radius 3 is 2.65 bits per heavy atom. The molecule has 1 unspecified atom stereocenters. The highest BCUT2D eigenvalue weighted by atomic mass is 16.5. The van der Waals surface area contributed by atoms with Crippen molar-refractivity contribution in [2.45, 2.75) is 19.9 Å². The summed E-state index contributed by atoms with van der Waals surface area (Å²) in [4.78, 5) is 29.6. The van der Waals surface area contributed by atoms with Gasteiger partial charge in [-0.15, -0.1) is 0 Å². The average Bonchev–Trinajstić information content (AvgIpc) is 2.82. The SMILES string of the molecule is COCCOc1ccc2c3c(C(C)Nc4ccccc4C(=O)O)cc(C)cc3c(=O)n(C)c2n1. The normalized spacial score (nSPS) is 12.1. The minimum atomic E-state index is -1.01. The summed E-state index contributed by atoms with van der Waals surface area (Å²) in [6, 6.07) is 14.1. The molecule has 0 amide bonds. The molecule has 8 nitrogen and oxygen atoms in total. The standard InChI is InChI=1S/C26H27N3O5/c1-15-13-19(16(2)27-21-8-6-5-7-17(21)26(31)32)23-18-9-10-22(34-12-11-33-4)28-24(18)29(3)25(30)20(23)14-15/h5-10,13-14,16,27H,11-12H2,1-4H3,(H,31,32). The van der Waals surface area contributed by atoms with Gasteiger partial charge < -0.3 is 19.9 Å². The van der Waals surface area contributed by atoms with Crippen molar-refractivity contribution < 1.29 is 19.4 Å². The van der Waals surface area contributed by atoms with E-state index in [2.05, 4.69) is 10.3 Å². The van der Waals surface area contributed by atoms with Gasteiger partial charge in [-0.2, -0.15) is 4.98 Å². The number of hydrogen-bond acceptors (Lipinski definition) is 6. The highest BCUT2D eigenvalue weighted by Gasteiger charge is 2.19. The summed E-state index contributed by atoms with van der Waals surface area (Å²) < 4.78 is 12.2. The zero-order valence-electron chi connectivity index (χ0n) is 19.6. The number of methoxy groups -OCH3 is 1. The first-order valence-corrected chi connectivity index (χ1v) is 11.0. The number of ether oxygens (including phenoxy) is 2. The number of pyridine rings is 2. The minimum Gasteiger partial charge on any atom is -0.478 e. The third-order valence-electron chi connectivity index (χ3n) is 5.82. The van der Waals surface area contributed by atoms with Crippen LogP contribution in [-0.4, -0.2) is 41.0 Å². The number of fused-ring (bicyclic) bond motifs is 3. The number of hydrogen-bond donors (Lipinski definition) is 2. The van der Waals surface area contributed by atoms with Crippen LogP contribution in [0.15, 0.2) is 53.3 Å². The molecule has 0 saturated carbocycles. The number of carbonyl (C=O) groups is 1. The first-order chi connectivity index (χ1) is 16.3. The summed E-state index contributed by atoms with van der Waals surface area (Å²) in [7, 11) is 3.30. The Balaban J connectivity index is 1.89. The van der Waals surface area contributed by atoms with E-state index in [1.165, 1.54) is 4.57 Å². The molecule has 1 atom stereocenters. The Bertz CT molecular complexity index is 1440. The molecular formula is C26H27N3O5. The van der Waals surface area contributed by atoms with E-state index in [1.807, 2.05) is 32.0 Å². The lowest BCUT2D eigenvalue weighted by molar-refractivity contribution is 0.0698. The number of carboxylic acids is 1. The predicted molar refractivity (Wildman–Crippen MR) is 132 cm³/mol. The summed E-state index contributed by atoms with van der Waals surface area (Å²) >= 11 is 0. The molecule has 0 aliphatic rings. The van der Waals surface area contributed by atoms with Crippen LogP contribution in [0.5, 0.6) is 5.88 Å². The zero-order valence-corrected chi connectivity index (χ0v) is 19.6. The average molecular weight is 462 g/mol. The van der Waals surface area contributed by atoms with E-state index >= 15 is 0 Å². The first-order valence-electron chi connectivity index (χ1n) is 11.0. The molecule has 34 heavy (non-hydrogen) atoms. The second kappa shape index (κ2) is 9.52. The number of aryl methyl sites for hydroxylation is 2. The first kappa shape index (κ1) is 23.3. The van der Waals surface area contributed by atoms with Gasteiger partial charge in [0.25, 0.3) is 5.56 Å². The van der Waals surface area contributed by atoms with E-state index in [0.717, 1.165) is 21.9 Å². The summed E-state index contributed by atoms with van der Waals surface area (Å²) in [5, 5.41) is 15.1. The fourth-order valence-corrected chi connectivity index (χ4v) is 4.20. The molecule has 0 spiro atoms. The van der Waals surface area contributed by atoms with E-state index in [-0.39, 0.29) is 17.2 Å². The molecule has 2 aromatic heterocycles. The number of nitrogens with zero attached hydrogens (tertiary/aromatic N) is 2. The van der Waals surface area contributed by atoms with Gasteiger partial charge in [-0.25, -0.2) is 4.79 Å². The van der Waals surface area contributed by atoms with Gasteiger partial charge in [0.1, 0.15) is 12.3 Å². The third-order valence-corrected chi connectivity index (χ3v) is 5.82. The van der Waals surface area contributed by atoms with Crippen LogP contribution >= 0.6 is 0 Å². The number of nitrogens with one attached hydrogen (secondary N) is 1. The molecule has 176 valence electrons. The maximum absolute atomic E-state index is 13.3. The van der Waals surface area contributed by atoms with E-state index in [4.69, 9.17) is 9.47 Å². The summed E-state index contributed by atoms with van der Waals surface area (Å²) in [5.74, 6) is -0.594. The summed E-state index contributed by atoms with van der Waals surface area (Å²) in [5.41, 5.74) is 2.87. The van der Waals surface area contributed by atoms with Crippen molar-refractivity contribution in [1.29, 1.82) is 0 Å². The monoisotopic (exact) mass is 461 g/mol. The van der Waals surface area contributed by atoms with Gasteiger partial charge in [0.2, 0.25) is 5.88 Å². The van der Waals surface area contributed by atoms with Crippen LogP contribution in [0.25, 0.3) is 21.8 Å².